The Balaban J connectivity index is 2.65. The molecule has 0 atom stereocenters. The number of nitro groups is 1. The van der Waals surface area contributed by atoms with E-state index in [-0.39, 0.29) is 17.3 Å². The first kappa shape index (κ1) is 10.0. The molecule has 0 amide bonds. The van der Waals surface area contributed by atoms with Gasteiger partial charge in [0.1, 0.15) is 6.33 Å². The summed E-state index contributed by atoms with van der Waals surface area (Å²) in [5, 5.41) is 17.5. The van der Waals surface area contributed by atoms with E-state index in [2.05, 4.69) is 20.4 Å². The fourth-order valence-corrected chi connectivity index (χ4v) is 1.28. The van der Waals surface area contributed by atoms with Crippen LogP contribution in [0.4, 0.5) is 11.5 Å². The highest BCUT2D eigenvalue weighted by Gasteiger charge is 2.23. The fraction of sp³-hybridized carbons (Fsp3) is 0.125. The van der Waals surface area contributed by atoms with Gasteiger partial charge in [-0.1, -0.05) is 0 Å². The maximum atomic E-state index is 10.9. The van der Waals surface area contributed by atoms with E-state index in [1.807, 2.05) is 0 Å². The quantitative estimate of drug-likeness (QED) is 0.601. The van der Waals surface area contributed by atoms with Gasteiger partial charge >= 0.3 is 5.69 Å². The second-order valence-corrected chi connectivity index (χ2v) is 2.85. The Labute approximate surface area is 90.1 Å². The molecule has 0 aliphatic carbocycles. The molecule has 8 nitrogen and oxygen atoms in total. The number of nitrogens with zero attached hydrogens (tertiary/aromatic N) is 5. The van der Waals surface area contributed by atoms with Crippen LogP contribution in [-0.2, 0) is 0 Å². The zero-order valence-electron chi connectivity index (χ0n) is 8.36. The van der Waals surface area contributed by atoms with Crippen LogP contribution in [0.15, 0.2) is 24.8 Å². The molecule has 2 heterocycles. The van der Waals surface area contributed by atoms with Crippen LogP contribution in [0, 0.1) is 10.1 Å². The average Bonchev–Trinajstić information content (AvgIpc) is 2.81. The third kappa shape index (κ3) is 1.56. The normalized spacial score (nSPS) is 10.1. The van der Waals surface area contributed by atoms with Crippen LogP contribution >= 0.6 is 0 Å². The Bertz CT molecular complexity index is 509. The third-order valence-corrected chi connectivity index (χ3v) is 1.94. The van der Waals surface area contributed by atoms with E-state index in [0.717, 1.165) is 0 Å². The van der Waals surface area contributed by atoms with Gasteiger partial charge in [0.2, 0.25) is 11.6 Å². The largest absolute Gasteiger partial charge is 0.367 e. The zero-order chi connectivity index (χ0) is 11.5. The van der Waals surface area contributed by atoms with Crippen molar-refractivity contribution < 1.29 is 4.92 Å². The SMILES string of the molecule is CNc1ncnc(-n2cccn2)c1[N+](=O)[O-]. The van der Waals surface area contributed by atoms with Crippen molar-refractivity contribution in [3.63, 3.8) is 0 Å². The van der Waals surface area contributed by atoms with Crippen LogP contribution in [0.1, 0.15) is 0 Å². The number of rotatable bonds is 3. The predicted molar refractivity (Wildman–Crippen MR) is 55.4 cm³/mol. The molecule has 0 saturated carbocycles. The Morgan fingerprint density at radius 3 is 2.88 bits per heavy atom. The van der Waals surface area contributed by atoms with Gasteiger partial charge < -0.3 is 5.32 Å². The first-order chi connectivity index (χ1) is 7.74. The molecule has 0 spiro atoms. The number of hydrogen-bond acceptors (Lipinski definition) is 6. The molecule has 0 fully saturated rings. The second-order valence-electron chi connectivity index (χ2n) is 2.85. The van der Waals surface area contributed by atoms with E-state index >= 15 is 0 Å². The molecule has 16 heavy (non-hydrogen) atoms. The molecule has 0 aromatic carbocycles. The van der Waals surface area contributed by atoms with E-state index in [4.69, 9.17) is 0 Å². The second kappa shape index (κ2) is 3.93. The van der Waals surface area contributed by atoms with Gasteiger partial charge in [-0.05, 0) is 6.07 Å². The minimum Gasteiger partial charge on any atom is -0.367 e. The van der Waals surface area contributed by atoms with Gasteiger partial charge in [0.05, 0.1) is 4.92 Å². The lowest BCUT2D eigenvalue weighted by Gasteiger charge is -2.04. The average molecular weight is 220 g/mol. The van der Waals surface area contributed by atoms with Gasteiger partial charge in [-0.15, -0.1) is 0 Å². The van der Waals surface area contributed by atoms with Gasteiger partial charge in [0.15, 0.2) is 0 Å². The summed E-state index contributed by atoms with van der Waals surface area (Å²) in [6.07, 6.45) is 4.34. The molecule has 0 aliphatic heterocycles. The molecular weight excluding hydrogens is 212 g/mol. The molecule has 8 heteroatoms. The number of hydrogen-bond donors (Lipinski definition) is 1. The summed E-state index contributed by atoms with van der Waals surface area (Å²) in [5.41, 5.74) is -0.200. The molecule has 1 N–H and O–H groups in total. The molecule has 0 saturated heterocycles. The van der Waals surface area contributed by atoms with Crippen molar-refractivity contribution in [2.75, 3.05) is 12.4 Å². The first-order valence-corrected chi connectivity index (χ1v) is 4.41. The summed E-state index contributed by atoms with van der Waals surface area (Å²) >= 11 is 0. The van der Waals surface area contributed by atoms with E-state index < -0.39 is 4.92 Å². The van der Waals surface area contributed by atoms with Crippen molar-refractivity contribution in [2.24, 2.45) is 0 Å². The van der Waals surface area contributed by atoms with Gasteiger partial charge in [0.25, 0.3) is 0 Å². The van der Waals surface area contributed by atoms with Crippen molar-refractivity contribution in [2.45, 2.75) is 0 Å². The first-order valence-electron chi connectivity index (χ1n) is 4.41. The summed E-state index contributed by atoms with van der Waals surface area (Å²) in [5.74, 6) is 0.292. The molecular formula is C8H8N6O2. The molecule has 2 rings (SSSR count). The topological polar surface area (TPSA) is 98.8 Å². The van der Waals surface area contributed by atoms with Crippen molar-refractivity contribution >= 4 is 11.5 Å². The number of aromatic nitrogens is 4. The Kier molecular flexibility index (Phi) is 2.46. The fourth-order valence-electron chi connectivity index (χ4n) is 1.28. The van der Waals surface area contributed by atoms with Crippen molar-refractivity contribution in [1.29, 1.82) is 0 Å². The zero-order valence-corrected chi connectivity index (χ0v) is 8.36. The van der Waals surface area contributed by atoms with Gasteiger partial charge in [-0.25, -0.2) is 14.6 Å². The Morgan fingerprint density at radius 2 is 2.31 bits per heavy atom. The van der Waals surface area contributed by atoms with Gasteiger partial charge in [-0.3, -0.25) is 10.1 Å². The summed E-state index contributed by atoms with van der Waals surface area (Å²) in [7, 11) is 1.56. The standard InChI is InChI=1S/C8H8N6O2/c1-9-7-6(14(15)16)8(11-5-10-7)13-4-2-3-12-13/h2-5H,1H3,(H,9,10,11). The lowest BCUT2D eigenvalue weighted by molar-refractivity contribution is -0.384. The Hall–Kier alpha value is -2.51. The van der Waals surface area contributed by atoms with Crippen LogP contribution < -0.4 is 5.32 Å². The minimum absolute atomic E-state index is 0.134. The minimum atomic E-state index is -0.539. The lowest BCUT2D eigenvalue weighted by atomic mass is 10.4. The summed E-state index contributed by atoms with van der Waals surface area (Å²) in [6.45, 7) is 0. The maximum Gasteiger partial charge on any atom is 0.355 e. The summed E-state index contributed by atoms with van der Waals surface area (Å²) < 4.78 is 1.32. The molecule has 0 radical (unpaired) electrons. The highest BCUT2D eigenvalue weighted by Crippen LogP contribution is 2.26. The van der Waals surface area contributed by atoms with Crippen LogP contribution in [0.3, 0.4) is 0 Å². The van der Waals surface area contributed by atoms with Crippen molar-refractivity contribution in [3.8, 4) is 5.82 Å². The predicted octanol–water partition coefficient (Wildman–Crippen LogP) is 0.612. The highest BCUT2D eigenvalue weighted by molar-refractivity contribution is 5.63. The van der Waals surface area contributed by atoms with E-state index in [9.17, 15) is 10.1 Å². The monoisotopic (exact) mass is 220 g/mol. The van der Waals surface area contributed by atoms with E-state index in [1.54, 1.807) is 19.3 Å². The number of anilines is 1. The van der Waals surface area contributed by atoms with Gasteiger partial charge in [0, 0.05) is 19.4 Å². The number of nitrogens with one attached hydrogen (secondary N) is 1. The van der Waals surface area contributed by atoms with Crippen molar-refractivity contribution in [3.05, 3.63) is 34.9 Å². The summed E-state index contributed by atoms with van der Waals surface area (Å²) in [4.78, 5) is 18.0. The summed E-state index contributed by atoms with van der Waals surface area (Å²) in [6, 6.07) is 1.66. The van der Waals surface area contributed by atoms with Crippen LogP contribution in [0.2, 0.25) is 0 Å². The smallest absolute Gasteiger partial charge is 0.355 e. The molecule has 0 bridgehead atoms. The Morgan fingerprint density at radius 1 is 1.50 bits per heavy atom. The maximum absolute atomic E-state index is 10.9. The van der Waals surface area contributed by atoms with Crippen LogP contribution in [-0.4, -0.2) is 31.7 Å². The third-order valence-electron chi connectivity index (χ3n) is 1.94. The van der Waals surface area contributed by atoms with E-state index in [0.29, 0.717) is 0 Å². The molecule has 2 aromatic heterocycles. The molecule has 82 valence electrons. The highest BCUT2D eigenvalue weighted by atomic mass is 16.6. The van der Waals surface area contributed by atoms with E-state index in [1.165, 1.54) is 17.2 Å². The van der Waals surface area contributed by atoms with Crippen molar-refractivity contribution in [1.82, 2.24) is 19.7 Å². The molecule has 0 aliphatic rings. The van der Waals surface area contributed by atoms with Crippen LogP contribution in [0.25, 0.3) is 5.82 Å². The van der Waals surface area contributed by atoms with Crippen LogP contribution in [0.5, 0.6) is 0 Å². The van der Waals surface area contributed by atoms with Gasteiger partial charge in [-0.2, -0.15) is 5.10 Å². The lowest BCUT2D eigenvalue weighted by Crippen LogP contribution is -2.07. The molecule has 0 unspecified atom stereocenters. The molecule has 2 aromatic rings.